The maximum atomic E-state index is 8.66. The summed E-state index contributed by atoms with van der Waals surface area (Å²) in [5.74, 6) is 2.09. The number of hydrogen-bond donors (Lipinski definition) is 2. The topological polar surface area (TPSA) is 56.0 Å². The highest BCUT2D eigenvalue weighted by Crippen LogP contribution is 2.13. The van der Waals surface area contributed by atoms with Crippen LogP contribution < -0.4 is 5.32 Å². The molecule has 0 atom stereocenters. The standard InChI is InChI=1S/C11H16N2OS2/c12-7-10-6-11(16-9-10)8-13-2-5-15-4-1-3-14/h6,9,13-14H,1-5,8H2. The molecule has 1 rings (SSSR count). The van der Waals surface area contributed by atoms with Gasteiger partial charge in [-0.05, 0) is 18.2 Å². The average molecular weight is 256 g/mol. The van der Waals surface area contributed by atoms with Crippen molar-refractivity contribution < 1.29 is 5.11 Å². The van der Waals surface area contributed by atoms with Crippen LogP contribution in [0.3, 0.4) is 0 Å². The lowest BCUT2D eigenvalue weighted by Gasteiger charge is -2.02. The van der Waals surface area contributed by atoms with Crippen LogP contribution in [0.5, 0.6) is 0 Å². The normalized spacial score (nSPS) is 10.2. The summed E-state index contributed by atoms with van der Waals surface area (Å²) in [4.78, 5) is 1.21. The molecule has 3 nitrogen and oxygen atoms in total. The van der Waals surface area contributed by atoms with Crippen LogP contribution >= 0.6 is 23.1 Å². The monoisotopic (exact) mass is 256 g/mol. The smallest absolute Gasteiger partial charge is 0.100 e. The van der Waals surface area contributed by atoms with E-state index >= 15 is 0 Å². The summed E-state index contributed by atoms with van der Waals surface area (Å²) in [7, 11) is 0. The molecule has 0 fully saturated rings. The molecule has 2 N–H and O–H groups in total. The van der Waals surface area contributed by atoms with E-state index in [0.29, 0.717) is 0 Å². The Morgan fingerprint density at radius 2 is 2.38 bits per heavy atom. The van der Waals surface area contributed by atoms with Crippen LogP contribution in [0.1, 0.15) is 16.9 Å². The number of nitrogens with one attached hydrogen (secondary N) is 1. The van der Waals surface area contributed by atoms with Crippen LogP contribution in [0.25, 0.3) is 0 Å². The maximum absolute atomic E-state index is 8.66. The van der Waals surface area contributed by atoms with E-state index in [9.17, 15) is 0 Å². The molecule has 1 aromatic heterocycles. The van der Waals surface area contributed by atoms with Crippen molar-refractivity contribution in [3.05, 3.63) is 21.9 Å². The van der Waals surface area contributed by atoms with Gasteiger partial charge in [-0.3, -0.25) is 0 Å². The first-order chi connectivity index (χ1) is 7.86. The molecule has 0 saturated carbocycles. The molecule has 1 aromatic rings. The van der Waals surface area contributed by atoms with E-state index in [-0.39, 0.29) is 6.61 Å². The van der Waals surface area contributed by atoms with Gasteiger partial charge in [0.2, 0.25) is 0 Å². The van der Waals surface area contributed by atoms with Crippen LogP contribution in [0.2, 0.25) is 0 Å². The molecule has 0 aliphatic rings. The summed E-state index contributed by atoms with van der Waals surface area (Å²) in [6.45, 7) is 2.09. The zero-order valence-corrected chi connectivity index (χ0v) is 10.7. The zero-order valence-electron chi connectivity index (χ0n) is 9.11. The van der Waals surface area contributed by atoms with E-state index < -0.39 is 0 Å². The Balaban J connectivity index is 2.01. The van der Waals surface area contributed by atoms with Crippen molar-refractivity contribution >= 4 is 23.1 Å². The number of nitrogens with zero attached hydrogens (tertiary/aromatic N) is 1. The fourth-order valence-corrected chi connectivity index (χ4v) is 2.76. The van der Waals surface area contributed by atoms with Gasteiger partial charge in [0.05, 0.1) is 5.56 Å². The van der Waals surface area contributed by atoms with Gasteiger partial charge >= 0.3 is 0 Å². The molecule has 5 heteroatoms. The van der Waals surface area contributed by atoms with Gasteiger partial charge in [0.1, 0.15) is 6.07 Å². The zero-order chi connectivity index (χ0) is 11.6. The third-order valence-corrected chi connectivity index (χ3v) is 3.96. The van der Waals surface area contributed by atoms with Crippen molar-refractivity contribution in [2.24, 2.45) is 0 Å². The van der Waals surface area contributed by atoms with Crippen molar-refractivity contribution in [2.45, 2.75) is 13.0 Å². The summed E-state index contributed by atoms with van der Waals surface area (Å²) < 4.78 is 0. The second kappa shape index (κ2) is 8.59. The lowest BCUT2D eigenvalue weighted by Crippen LogP contribution is -2.16. The predicted octanol–water partition coefficient (Wildman–Crippen LogP) is 1.82. The first-order valence-electron chi connectivity index (χ1n) is 5.23. The van der Waals surface area contributed by atoms with Gasteiger partial charge in [0.15, 0.2) is 0 Å². The fraction of sp³-hybridized carbons (Fsp3) is 0.545. The molecular formula is C11H16N2OS2. The number of aliphatic hydroxyl groups is 1. The Hall–Kier alpha value is -0.540. The van der Waals surface area contributed by atoms with Crippen molar-refractivity contribution in [1.29, 1.82) is 5.26 Å². The van der Waals surface area contributed by atoms with Crippen LogP contribution in [0.15, 0.2) is 11.4 Å². The maximum Gasteiger partial charge on any atom is 0.100 e. The number of thiophene rings is 1. The van der Waals surface area contributed by atoms with E-state index in [2.05, 4.69) is 11.4 Å². The first kappa shape index (κ1) is 13.5. The Morgan fingerprint density at radius 3 is 3.06 bits per heavy atom. The van der Waals surface area contributed by atoms with Gasteiger partial charge in [0, 0.05) is 35.7 Å². The molecule has 0 spiro atoms. The highest BCUT2D eigenvalue weighted by atomic mass is 32.2. The summed E-state index contributed by atoms with van der Waals surface area (Å²) in [5.41, 5.74) is 0.749. The second-order valence-electron chi connectivity index (χ2n) is 3.28. The minimum atomic E-state index is 0.284. The molecule has 1 heterocycles. The van der Waals surface area contributed by atoms with Crippen molar-refractivity contribution in [1.82, 2.24) is 5.32 Å². The molecule has 0 aliphatic heterocycles. The molecule has 0 bridgehead atoms. The fourth-order valence-electron chi connectivity index (χ4n) is 1.16. The molecule has 0 aromatic carbocycles. The summed E-state index contributed by atoms with van der Waals surface area (Å²) in [5, 5.41) is 22.5. The van der Waals surface area contributed by atoms with Gasteiger partial charge < -0.3 is 10.4 Å². The summed E-state index contributed by atoms with van der Waals surface area (Å²) >= 11 is 3.47. The lowest BCUT2D eigenvalue weighted by molar-refractivity contribution is 0.296. The van der Waals surface area contributed by atoms with Gasteiger partial charge in [-0.1, -0.05) is 0 Å². The Morgan fingerprint density at radius 1 is 1.50 bits per heavy atom. The largest absolute Gasteiger partial charge is 0.396 e. The van der Waals surface area contributed by atoms with E-state index in [1.165, 1.54) is 4.88 Å². The van der Waals surface area contributed by atoms with Crippen LogP contribution in [-0.2, 0) is 6.54 Å². The Labute approximate surface area is 104 Å². The minimum Gasteiger partial charge on any atom is -0.396 e. The lowest BCUT2D eigenvalue weighted by atomic mass is 10.3. The van der Waals surface area contributed by atoms with Crippen LogP contribution in [0.4, 0.5) is 0 Å². The van der Waals surface area contributed by atoms with Crippen molar-refractivity contribution in [2.75, 3.05) is 24.7 Å². The number of aliphatic hydroxyl groups excluding tert-OH is 1. The van der Waals surface area contributed by atoms with Gasteiger partial charge in [-0.25, -0.2) is 0 Å². The van der Waals surface area contributed by atoms with Crippen molar-refractivity contribution in [3.63, 3.8) is 0 Å². The quantitative estimate of drug-likeness (QED) is 0.697. The molecule has 0 aliphatic carbocycles. The Bertz CT molecular complexity index is 333. The molecule has 0 radical (unpaired) electrons. The van der Waals surface area contributed by atoms with Gasteiger partial charge in [-0.15, -0.1) is 11.3 Å². The van der Waals surface area contributed by atoms with E-state index in [1.54, 1.807) is 11.3 Å². The minimum absolute atomic E-state index is 0.284. The van der Waals surface area contributed by atoms with Gasteiger partial charge in [-0.2, -0.15) is 17.0 Å². The number of nitriles is 1. The summed E-state index contributed by atoms with van der Waals surface area (Å²) in [6.07, 6.45) is 0.876. The average Bonchev–Trinajstić information content (AvgIpc) is 2.76. The van der Waals surface area contributed by atoms with Crippen LogP contribution in [0, 0.1) is 11.3 Å². The molecular weight excluding hydrogens is 240 g/mol. The molecule has 0 amide bonds. The Kier molecular flexibility index (Phi) is 7.26. The number of rotatable bonds is 8. The number of hydrogen-bond acceptors (Lipinski definition) is 5. The van der Waals surface area contributed by atoms with E-state index in [4.69, 9.17) is 10.4 Å². The first-order valence-corrected chi connectivity index (χ1v) is 7.27. The molecule has 16 heavy (non-hydrogen) atoms. The molecule has 88 valence electrons. The van der Waals surface area contributed by atoms with E-state index in [0.717, 1.165) is 36.6 Å². The predicted molar refractivity (Wildman–Crippen MR) is 69.8 cm³/mol. The van der Waals surface area contributed by atoms with Crippen LogP contribution in [-0.4, -0.2) is 29.8 Å². The molecule has 0 unspecified atom stereocenters. The highest BCUT2D eigenvalue weighted by Gasteiger charge is 1.98. The molecule has 0 saturated heterocycles. The SMILES string of the molecule is N#Cc1csc(CNCCSCCCO)c1. The third-order valence-electron chi connectivity index (χ3n) is 1.95. The third kappa shape index (κ3) is 5.52. The second-order valence-corrected chi connectivity index (χ2v) is 5.50. The highest BCUT2D eigenvalue weighted by molar-refractivity contribution is 7.99. The van der Waals surface area contributed by atoms with Gasteiger partial charge in [0.25, 0.3) is 0 Å². The number of thioether (sulfide) groups is 1. The summed E-state index contributed by atoms with van der Waals surface area (Å²) in [6, 6.07) is 4.05. The van der Waals surface area contributed by atoms with Crippen molar-refractivity contribution in [3.8, 4) is 6.07 Å². The van der Waals surface area contributed by atoms with E-state index in [1.807, 2.05) is 23.2 Å².